The van der Waals surface area contributed by atoms with E-state index >= 15 is 0 Å². The number of nitrogen functional groups attached to an aromatic ring is 1. The van der Waals surface area contributed by atoms with Crippen LogP contribution >= 0.6 is 11.3 Å². The van der Waals surface area contributed by atoms with Gasteiger partial charge in [-0.05, 0) is 66.6 Å². The molecule has 1 amide bonds. The number of amides is 1. The zero-order valence-electron chi connectivity index (χ0n) is 21.4. The van der Waals surface area contributed by atoms with Gasteiger partial charge in [-0.2, -0.15) is 0 Å². The second kappa shape index (κ2) is 11.0. The molecule has 2 N–H and O–H groups in total. The van der Waals surface area contributed by atoms with Crippen molar-refractivity contribution in [3.63, 3.8) is 0 Å². The lowest BCUT2D eigenvalue weighted by atomic mass is 10.0. The molecular formula is C29H27F2N5O2S. The number of ketones is 1. The van der Waals surface area contributed by atoms with Gasteiger partial charge in [0.05, 0.1) is 26.5 Å². The maximum absolute atomic E-state index is 13.4. The zero-order valence-corrected chi connectivity index (χ0v) is 22.2. The van der Waals surface area contributed by atoms with E-state index in [2.05, 4.69) is 9.97 Å². The number of piperidine rings is 1. The number of halogens is 2. The number of aromatic nitrogens is 3. The molecule has 1 aliphatic heterocycles. The average Bonchev–Trinajstić information content (AvgIpc) is 3.35. The topological polar surface area (TPSA) is 102 Å². The summed E-state index contributed by atoms with van der Waals surface area (Å²) >= 11 is 1.57. The summed E-state index contributed by atoms with van der Waals surface area (Å²) in [6.45, 7) is 2.08. The molecule has 3 aromatic heterocycles. The second-order valence-corrected chi connectivity index (χ2v) is 10.7. The van der Waals surface area contributed by atoms with Crippen LogP contribution in [0.25, 0.3) is 27.6 Å². The van der Waals surface area contributed by atoms with Gasteiger partial charge in [0, 0.05) is 56.7 Å². The minimum atomic E-state index is -2.70. The van der Waals surface area contributed by atoms with Crippen molar-refractivity contribution < 1.29 is 18.4 Å². The molecule has 1 aliphatic rings. The van der Waals surface area contributed by atoms with Gasteiger partial charge in [-0.25, -0.2) is 18.7 Å². The molecule has 0 unspecified atom stereocenters. The number of likely N-dealkylation sites (tertiary alicyclic amines) is 1. The highest BCUT2D eigenvalue weighted by atomic mass is 32.1. The smallest absolute Gasteiger partial charge is 0.255 e. The minimum absolute atomic E-state index is 0.000550. The van der Waals surface area contributed by atoms with Crippen LogP contribution in [0.2, 0.25) is 0 Å². The van der Waals surface area contributed by atoms with E-state index in [0.29, 0.717) is 29.9 Å². The minimum Gasteiger partial charge on any atom is -0.384 e. The molecule has 0 radical (unpaired) electrons. The van der Waals surface area contributed by atoms with E-state index < -0.39 is 5.92 Å². The molecule has 5 rings (SSSR count). The first-order valence-electron chi connectivity index (χ1n) is 12.6. The van der Waals surface area contributed by atoms with E-state index in [-0.39, 0.29) is 37.6 Å². The Kier molecular flexibility index (Phi) is 7.47. The Morgan fingerprint density at radius 1 is 1.10 bits per heavy atom. The van der Waals surface area contributed by atoms with E-state index in [1.165, 1.54) is 11.1 Å². The zero-order chi connectivity index (χ0) is 27.6. The summed E-state index contributed by atoms with van der Waals surface area (Å²) in [5, 5.41) is 0.877. The monoisotopic (exact) mass is 547 g/mol. The van der Waals surface area contributed by atoms with Gasteiger partial charge in [0.25, 0.3) is 11.8 Å². The number of benzene rings is 1. The first-order valence-corrected chi connectivity index (χ1v) is 13.4. The second-order valence-electron chi connectivity index (χ2n) is 9.65. The molecule has 0 bridgehead atoms. The molecule has 1 fully saturated rings. The number of anilines is 1. The highest BCUT2D eigenvalue weighted by molar-refractivity contribution is 7.18. The molecule has 0 atom stereocenters. The number of allylic oxidation sites excluding steroid dienone is 1. The normalized spacial score (nSPS) is 15.2. The number of fused-ring (bicyclic) bond motifs is 1. The number of aryl methyl sites for hydroxylation is 2. The van der Waals surface area contributed by atoms with Crippen molar-refractivity contribution in [2.45, 2.75) is 38.5 Å². The Morgan fingerprint density at radius 3 is 2.59 bits per heavy atom. The number of carbonyl (C=O) groups is 2. The number of alkyl halides is 2. The van der Waals surface area contributed by atoms with Crippen LogP contribution in [0, 0.1) is 6.92 Å². The predicted octanol–water partition coefficient (Wildman–Crippen LogP) is 5.73. The first-order chi connectivity index (χ1) is 18.7. The molecular weight excluding hydrogens is 520 g/mol. The first kappa shape index (κ1) is 26.6. The molecule has 0 spiro atoms. The molecule has 4 heterocycles. The number of thiazole rings is 1. The SMILES string of the molecule is Cc1cc(-c2ccc(C(=O)N3CCC(F)(F)CC3)cn2)cc2nc(CCC(=O)/C=C/c3ccc(N)nc3)sc12. The number of hydrogen-bond acceptors (Lipinski definition) is 7. The number of nitrogens with zero attached hydrogens (tertiary/aromatic N) is 4. The van der Waals surface area contributed by atoms with E-state index in [0.717, 1.165) is 31.9 Å². The Balaban J connectivity index is 1.24. The Bertz CT molecular complexity index is 1540. The van der Waals surface area contributed by atoms with Crippen molar-refractivity contribution in [2.75, 3.05) is 18.8 Å². The molecule has 4 aromatic rings. The summed E-state index contributed by atoms with van der Waals surface area (Å²) in [5.41, 5.74) is 10.2. The van der Waals surface area contributed by atoms with Crippen LogP contribution < -0.4 is 5.73 Å². The number of pyridine rings is 2. The Hall–Kier alpha value is -4.05. The fourth-order valence-corrected chi connectivity index (χ4v) is 5.44. The van der Waals surface area contributed by atoms with Gasteiger partial charge in [-0.1, -0.05) is 0 Å². The number of carbonyl (C=O) groups excluding carboxylic acids is 2. The quantitative estimate of drug-likeness (QED) is 0.297. The summed E-state index contributed by atoms with van der Waals surface area (Å²) in [5.74, 6) is -2.55. The lowest BCUT2D eigenvalue weighted by Gasteiger charge is -2.31. The van der Waals surface area contributed by atoms with Gasteiger partial charge in [-0.3, -0.25) is 14.6 Å². The standard InChI is InChI=1S/C29H27F2N5O2S/c1-18-14-21(23-7-4-20(17-33-23)28(38)36-12-10-29(30,31)11-13-36)15-24-27(18)39-26(35-24)9-6-22(37)5-2-19-3-8-25(32)34-16-19/h2-5,7-8,14-17H,6,9-13H2,1H3,(H2,32,34)/b5-2+. The third-order valence-corrected chi connectivity index (χ3v) is 7.93. The summed E-state index contributed by atoms with van der Waals surface area (Å²) in [7, 11) is 0. The number of hydrogen-bond donors (Lipinski definition) is 1. The summed E-state index contributed by atoms with van der Waals surface area (Å²) in [6.07, 6.45) is 6.63. The maximum atomic E-state index is 13.4. The van der Waals surface area contributed by atoms with E-state index in [1.54, 1.807) is 54.0 Å². The number of rotatable bonds is 7. The van der Waals surface area contributed by atoms with Crippen molar-refractivity contribution in [3.05, 3.63) is 76.6 Å². The molecule has 200 valence electrons. The maximum Gasteiger partial charge on any atom is 0.255 e. The molecule has 10 heteroatoms. The fourth-order valence-electron chi connectivity index (χ4n) is 4.43. The lowest BCUT2D eigenvalue weighted by molar-refractivity contribution is -0.114. The Labute approximate surface area is 228 Å². The van der Waals surface area contributed by atoms with E-state index in [1.807, 2.05) is 19.1 Å². The summed E-state index contributed by atoms with van der Waals surface area (Å²) in [6, 6.07) is 10.9. The van der Waals surface area contributed by atoms with Crippen LogP contribution in [0.5, 0.6) is 0 Å². The highest BCUT2D eigenvalue weighted by Gasteiger charge is 2.35. The molecule has 0 saturated carbocycles. The summed E-state index contributed by atoms with van der Waals surface area (Å²) in [4.78, 5) is 39.8. The van der Waals surface area contributed by atoms with Gasteiger partial charge in [-0.15, -0.1) is 11.3 Å². The van der Waals surface area contributed by atoms with Crippen LogP contribution in [-0.2, 0) is 11.2 Å². The molecule has 1 aromatic carbocycles. The van der Waals surface area contributed by atoms with E-state index in [4.69, 9.17) is 10.7 Å². The van der Waals surface area contributed by atoms with Crippen LogP contribution in [0.1, 0.15) is 45.8 Å². The van der Waals surface area contributed by atoms with Gasteiger partial charge in [0.15, 0.2) is 5.78 Å². The van der Waals surface area contributed by atoms with Gasteiger partial charge < -0.3 is 10.6 Å². The van der Waals surface area contributed by atoms with E-state index in [9.17, 15) is 18.4 Å². The van der Waals surface area contributed by atoms with Crippen LogP contribution in [0.15, 0.2) is 54.9 Å². The van der Waals surface area contributed by atoms with Crippen molar-refractivity contribution in [2.24, 2.45) is 0 Å². The van der Waals surface area contributed by atoms with Gasteiger partial charge in [0.1, 0.15) is 5.82 Å². The van der Waals surface area contributed by atoms with Crippen molar-refractivity contribution in [1.82, 2.24) is 19.9 Å². The molecule has 39 heavy (non-hydrogen) atoms. The predicted molar refractivity (Wildman–Crippen MR) is 149 cm³/mol. The van der Waals surface area contributed by atoms with Crippen molar-refractivity contribution in [3.8, 4) is 11.3 Å². The lowest BCUT2D eigenvalue weighted by Crippen LogP contribution is -2.42. The molecule has 7 nitrogen and oxygen atoms in total. The molecule has 1 saturated heterocycles. The van der Waals surface area contributed by atoms with Gasteiger partial charge >= 0.3 is 0 Å². The third-order valence-electron chi connectivity index (χ3n) is 6.66. The van der Waals surface area contributed by atoms with Crippen molar-refractivity contribution in [1.29, 1.82) is 0 Å². The molecule has 0 aliphatic carbocycles. The van der Waals surface area contributed by atoms with Crippen LogP contribution in [0.4, 0.5) is 14.6 Å². The van der Waals surface area contributed by atoms with Crippen molar-refractivity contribution >= 4 is 45.1 Å². The van der Waals surface area contributed by atoms with Crippen LogP contribution in [0.3, 0.4) is 0 Å². The fraction of sp³-hybridized carbons (Fsp3) is 0.276. The average molecular weight is 548 g/mol. The highest BCUT2D eigenvalue weighted by Crippen LogP contribution is 2.32. The largest absolute Gasteiger partial charge is 0.384 e. The Morgan fingerprint density at radius 2 is 1.90 bits per heavy atom. The van der Waals surface area contributed by atoms with Crippen LogP contribution in [-0.4, -0.2) is 50.6 Å². The third kappa shape index (κ3) is 6.34. The summed E-state index contributed by atoms with van der Waals surface area (Å²) < 4.78 is 27.9. The van der Waals surface area contributed by atoms with Gasteiger partial charge in [0.2, 0.25) is 0 Å². The number of nitrogens with two attached hydrogens (primary N) is 1.